The first kappa shape index (κ1) is 20.7. The van der Waals surface area contributed by atoms with E-state index in [1.165, 1.54) is 12.1 Å². The minimum atomic E-state index is -0.824. The van der Waals surface area contributed by atoms with Gasteiger partial charge in [0.25, 0.3) is 5.43 Å². The van der Waals surface area contributed by atoms with E-state index >= 15 is 0 Å². The van der Waals surface area contributed by atoms with Crippen LogP contribution in [0.25, 0.3) is 22.6 Å². The van der Waals surface area contributed by atoms with E-state index in [4.69, 9.17) is 0 Å². The highest BCUT2D eigenvalue weighted by Crippen LogP contribution is 2.39. The van der Waals surface area contributed by atoms with Crippen molar-refractivity contribution in [2.24, 2.45) is 0 Å². The summed E-state index contributed by atoms with van der Waals surface area (Å²) in [5, 5.41) is 39.3. The topological polar surface area (TPSA) is 111 Å². The Morgan fingerprint density at radius 2 is 1.70 bits per heavy atom. The standard InChI is InChI=1S/C17H12BrNO5S.C2H6/c1-7-9-6-11(21)15(23)16(24)17(9)25-12(19-7)5-3-8-2-4-10(20)14(22)13(8)18;1-2/h2-6,20-22,24H,1H3;1-2H3/b5-3+;. The van der Waals surface area contributed by atoms with Gasteiger partial charge in [0.2, 0.25) is 0 Å². The van der Waals surface area contributed by atoms with Gasteiger partial charge in [0.15, 0.2) is 23.0 Å². The molecule has 142 valence electrons. The SMILES string of the molecule is CC.Cc1nc(/C=C/c2ccc(O)c(O)c2Br)sc2c(O)c(=O)c(O)cc1-2. The van der Waals surface area contributed by atoms with Gasteiger partial charge < -0.3 is 20.4 Å². The van der Waals surface area contributed by atoms with Crippen molar-refractivity contribution in [1.29, 1.82) is 0 Å². The average Bonchev–Trinajstić information content (AvgIpc) is 2.66. The lowest BCUT2D eigenvalue weighted by Crippen LogP contribution is -2.03. The highest BCUT2D eigenvalue weighted by atomic mass is 79.9. The number of phenols is 4. The molecular weight excluding hydrogens is 434 g/mol. The van der Waals surface area contributed by atoms with Crippen LogP contribution in [0.2, 0.25) is 0 Å². The summed E-state index contributed by atoms with van der Waals surface area (Å²) in [4.78, 5) is 16.4. The first-order valence-corrected chi connectivity index (χ1v) is 9.65. The lowest BCUT2D eigenvalue weighted by molar-refractivity contribution is 0.401. The Bertz CT molecular complexity index is 1050. The normalized spacial score (nSPS) is 10.8. The molecule has 0 radical (unpaired) electrons. The van der Waals surface area contributed by atoms with Crippen LogP contribution in [0.15, 0.2) is 27.5 Å². The van der Waals surface area contributed by atoms with Crippen LogP contribution >= 0.6 is 27.3 Å². The highest BCUT2D eigenvalue weighted by molar-refractivity contribution is 9.10. The maximum absolute atomic E-state index is 11.7. The van der Waals surface area contributed by atoms with Gasteiger partial charge in [-0.05, 0) is 52.7 Å². The lowest BCUT2D eigenvalue weighted by atomic mass is 10.1. The number of aromatic nitrogens is 1. The number of benzene rings is 2. The molecule has 0 fully saturated rings. The molecule has 0 unspecified atom stereocenters. The van der Waals surface area contributed by atoms with Gasteiger partial charge in [0.05, 0.1) is 9.35 Å². The molecule has 1 aliphatic carbocycles. The number of hydrogen-bond acceptors (Lipinski definition) is 7. The van der Waals surface area contributed by atoms with E-state index in [0.717, 1.165) is 11.3 Å². The molecule has 0 spiro atoms. The number of aromatic hydroxyl groups is 4. The molecule has 1 aromatic rings. The van der Waals surface area contributed by atoms with Crippen molar-refractivity contribution in [3.05, 3.63) is 49.2 Å². The van der Waals surface area contributed by atoms with Gasteiger partial charge in [0, 0.05) is 11.3 Å². The van der Waals surface area contributed by atoms with Crippen molar-refractivity contribution in [1.82, 2.24) is 4.98 Å². The Hall–Kier alpha value is -2.58. The molecule has 27 heavy (non-hydrogen) atoms. The average molecular weight is 452 g/mol. The number of nitrogens with zero attached hydrogens (tertiary/aromatic N) is 1. The largest absolute Gasteiger partial charge is 0.504 e. The van der Waals surface area contributed by atoms with Crippen LogP contribution in [0, 0.1) is 6.92 Å². The third kappa shape index (κ3) is 4.06. The smallest absolute Gasteiger partial charge is 0.263 e. The molecule has 0 saturated carbocycles. The van der Waals surface area contributed by atoms with Crippen molar-refractivity contribution in [2.75, 3.05) is 0 Å². The first-order valence-electron chi connectivity index (χ1n) is 8.04. The van der Waals surface area contributed by atoms with Crippen LogP contribution in [0.1, 0.15) is 30.1 Å². The summed E-state index contributed by atoms with van der Waals surface area (Å²) in [6.07, 6.45) is 3.33. The van der Waals surface area contributed by atoms with Crippen LogP contribution in [-0.2, 0) is 0 Å². The second-order valence-electron chi connectivity index (χ2n) is 5.26. The van der Waals surface area contributed by atoms with Crippen LogP contribution < -0.4 is 5.43 Å². The molecule has 1 heterocycles. The molecule has 0 amide bonds. The number of aryl methyl sites for hydroxylation is 1. The summed E-state index contributed by atoms with van der Waals surface area (Å²) in [5.74, 6) is -1.53. The van der Waals surface area contributed by atoms with Crippen molar-refractivity contribution < 1.29 is 20.4 Å². The van der Waals surface area contributed by atoms with Gasteiger partial charge in [-0.3, -0.25) is 4.79 Å². The Labute approximate surface area is 168 Å². The molecule has 2 aliphatic rings. The fourth-order valence-electron chi connectivity index (χ4n) is 2.28. The number of rotatable bonds is 2. The molecule has 0 aromatic heterocycles. The van der Waals surface area contributed by atoms with Crippen molar-refractivity contribution in [2.45, 2.75) is 20.8 Å². The van der Waals surface area contributed by atoms with Crippen molar-refractivity contribution >= 4 is 39.4 Å². The third-order valence-electron chi connectivity index (χ3n) is 3.59. The molecule has 0 saturated heterocycles. The first-order chi connectivity index (χ1) is 12.8. The Balaban J connectivity index is 0.00000126. The monoisotopic (exact) mass is 451 g/mol. The van der Waals surface area contributed by atoms with Gasteiger partial charge in [-0.15, -0.1) is 11.3 Å². The zero-order valence-corrected chi connectivity index (χ0v) is 17.2. The van der Waals surface area contributed by atoms with E-state index in [1.54, 1.807) is 25.1 Å². The van der Waals surface area contributed by atoms with E-state index < -0.39 is 16.9 Å². The lowest BCUT2D eigenvalue weighted by Gasteiger charge is -2.10. The minimum absolute atomic E-state index is 0.237. The fraction of sp³-hybridized carbons (Fsp3) is 0.158. The maximum Gasteiger partial charge on any atom is 0.263 e. The van der Waals surface area contributed by atoms with E-state index in [1.807, 2.05) is 13.8 Å². The van der Waals surface area contributed by atoms with E-state index in [2.05, 4.69) is 20.9 Å². The van der Waals surface area contributed by atoms with E-state index in [0.29, 0.717) is 31.2 Å². The summed E-state index contributed by atoms with van der Waals surface area (Å²) in [5.41, 5.74) is 0.837. The van der Waals surface area contributed by atoms with Crippen LogP contribution in [0.4, 0.5) is 0 Å². The minimum Gasteiger partial charge on any atom is -0.504 e. The maximum atomic E-state index is 11.7. The summed E-state index contributed by atoms with van der Waals surface area (Å²) in [6, 6.07) is 4.26. The Morgan fingerprint density at radius 1 is 1.04 bits per heavy atom. The molecule has 4 N–H and O–H groups in total. The van der Waals surface area contributed by atoms with Gasteiger partial charge >= 0.3 is 0 Å². The van der Waals surface area contributed by atoms with E-state index in [-0.39, 0.29) is 11.5 Å². The summed E-state index contributed by atoms with van der Waals surface area (Å²) >= 11 is 4.30. The second-order valence-corrected chi connectivity index (χ2v) is 7.08. The number of hydrogen-bond donors (Lipinski definition) is 4. The van der Waals surface area contributed by atoms with Gasteiger partial charge in [-0.2, -0.15) is 0 Å². The van der Waals surface area contributed by atoms with Crippen LogP contribution in [0.3, 0.4) is 0 Å². The Kier molecular flexibility index (Phi) is 6.45. The van der Waals surface area contributed by atoms with Crippen molar-refractivity contribution in [3.8, 4) is 33.4 Å². The van der Waals surface area contributed by atoms with Crippen LogP contribution in [-0.4, -0.2) is 25.4 Å². The number of halogens is 1. The molecule has 0 bridgehead atoms. The summed E-state index contributed by atoms with van der Waals surface area (Å²) in [7, 11) is 0. The second kappa shape index (κ2) is 8.41. The van der Waals surface area contributed by atoms with Crippen molar-refractivity contribution in [3.63, 3.8) is 0 Å². The molecular formula is C19H18BrNO5S. The predicted octanol–water partition coefficient (Wildman–Crippen LogP) is 4.70. The molecule has 1 aromatic carbocycles. The zero-order valence-electron chi connectivity index (χ0n) is 14.8. The van der Waals surface area contributed by atoms with Gasteiger partial charge in [-0.1, -0.05) is 19.9 Å². The van der Waals surface area contributed by atoms with Gasteiger partial charge in [-0.25, -0.2) is 4.98 Å². The third-order valence-corrected chi connectivity index (χ3v) is 5.48. The molecule has 0 atom stereocenters. The number of fused-ring (bicyclic) bond motifs is 1. The molecule has 8 heteroatoms. The summed E-state index contributed by atoms with van der Waals surface area (Å²) in [6.45, 7) is 5.71. The predicted molar refractivity (Wildman–Crippen MR) is 111 cm³/mol. The zero-order chi connectivity index (χ0) is 20.3. The fourth-order valence-corrected chi connectivity index (χ4v) is 3.78. The molecule has 6 nitrogen and oxygen atoms in total. The quantitative estimate of drug-likeness (QED) is 0.420. The van der Waals surface area contributed by atoms with Crippen LogP contribution in [0.5, 0.6) is 23.0 Å². The summed E-state index contributed by atoms with van der Waals surface area (Å²) < 4.78 is 0.334. The molecule has 3 rings (SSSR count). The highest BCUT2D eigenvalue weighted by Gasteiger charge is 2.19. The number of phenolic OH excluding ortho intramolecular Hbond substituents is 4. The van der Waals surface area contributed by atoms with E-state index in [9.17, 15) is 25.2 Å². The van der Waals surface area contributed by atoms with Gasteiger partial charge in [0.1, 0.15) is 5.01 Å². The molecule has 1 aliphatic heterocycles. The Morgan fingerprint density at radius 3 is 2.37 bits per heavy atom.